The quantitative estimate of drug-likeness (QED) is 0.486. The minimum Gasteiger partial charge on any atom is -0.396 e. The lowest BCUT2D eigenvalue weighted by molar-refractivity contribution is -0.0940. The second kappa shape index (κ2) is 9.41. The molecule has 0 saturated heterocycles. The van der Waals surface area contributed by atoms with E-state index >= 15 is 0 Å². The van der Waals surface area contributed by atoms with Gasteiger partial charge in [0.2, 0.25) is 0 Å². The molecular formula is C28H48N2O2. The Kier molecular flexibility index (Phi) is 7.13. The molecule has 0 aliphatic heterocycles. The number of rotatable bonds is 8. The van der Waals surface area contributed by atoms with Crippen LogP contribution in [0, 0.1) is 52.3 Å². The molecule has 0 amide bonds. The SMILES string of the molecule is CC(C)CCC[C@@H](C)[C@H]1CC[C@H]2[C@H](CO)[C@@H]([C@@]3(C)Cc4cn[nH]c4C[C@@H]3CO)CC[C@]12C. The molecule has 0 bridgehead atoms. The Morgan fingerprint density at radius 3 is 2.47 bits per heavy atom. The van der Waals surface area contributed by atoms with Crippen LogP contribution in [0.25, 0.3) is 0 Å². The summed E-state index contributed by atoms with van der Waals surface area (Å²) < 4.78 is 0. The average Bonchev–Trinajstić information content (AvgIpc) is 3.34. The first kappa shape index (κ1) is 24.3. The summed E-state index contributed by atoms with van der Waals surface area (Å²) in [4.78, 5) is 0. The van der Waals surface area contributed by atoms with Gasteiger partial charge in [-0.2, -0.15) is 5.10 Å². The van der Waals surface area contributed by atoms with Crippen LogP contribution in [-0.4, -0.2) is 33.6 Å². The summed E-state index contributed by atoms with van der Waals surface area (Å²) in [5, 5.41) is 28.5. The van der Waals surface area contributed by atoms with Gasteiger partial charge >= 0.3 is 0 Å². The lowest BCUT2D eigenvalue weighted by Gasteiger charge is -2.56. The molecule has 8 atom stereocenters. The van der Waals surface area contributed by atoms with Crippen LogP contribution >= 0.6 is 0 Å². The highest BCUT2D eigenvalue weighted by atomic mass is 16.3. The molecule has 3 aliphatic rings. The Bertz CT molecular complexity index is 760. The fourth-order valence-electron chi connectivity index (χ4n) is 8.79. The number of nitrogens with one attached hydrogen (secondary N) is 1. The van der Waals surface area contributed by atoms with Crippen molar-refractivity contribution in [2.45, 2.75) is 92.4 Å². The highest BCUT2D eigenvalue weighted by Gasteiger charge is 2.58. The topological polar surface area (TPSA) is 69.1 Å². The van der Waals surface area contributed by atoms with E-state index in [1.165, 1.54) is 56.2 Å². The molecule has 4 nitrogen and oxygen atoms in total. The molecule has 0 radical (unpaired) electrons. The first-order chi connectivity index (χ1) is 15.2. The van der Waals surface area contributed by atoms with E-state index in [0.29, 0.717) is 29.8 Å². The van der Waals surface area contributed by atoms with Crippen LogP contribution in [0.3, 0.4) is 0 Å². The smallest absolute Gasteiger partial charge is 0.0522 e. The monoisotopic (exact) mass is 444 g/mol. The van der Waals surface area contributed by atoms with Gasteiger partial charge in [-0.3, -0.25) is 5.10 Å². The number of H-pyrrole nitrogens is 1. The average molecular weight is 445 g/mol. The van der Waals surface area contributed by atoms with Gasteiger partial charge in [0.25, 0.3) is 0 Å². The second-order valence-corrected chi connectivity index (χ2v) is 12.7. The van der Waals surface area contributed by atoms with Crippen LogP contribution < -0.4 is 0 Å². The van der Waals surface area contributed by atoms with Gasteiger partial charge in [-0.15, -0.1) is 0 Å². The molecule has 2 fully saturated rings. The van der Waals surface area contributed by atoms with E-state index in [4.69, 9.17) is 0 Å². The lowest BCUT2D eigenvalue weighted by atomic mass is 9.48. The van der Waals surface area contributed by atoms with E-state index in [1.807, 2.05) is 6.20 Å². The number of aromatic nitrogens is 2. The highest BCUT2D eigenvalue weighted by molar-refractivity contribution is 5.25. The summed E-state index contributed by atoms with van der Waals surface area (Å²) in [6.07, 6.45) is 13.0. The molecule has 1 aromatic heterocycles. The number of aliphatic hydroxyl groups excluding tert-OH is 2. The van der Waals surface area contributed by atoms with E-state index < -0.39 is 0 Å². The maximum Gasteiger partial charge on any atom is 0.0522 e. The van der Waals surface area contributed by atoms with Gasteiger partial charge in [-0.1, -0.05) is 53.9 Å². The summed E-state index contributed by atoms with van der Waals surface area (Å²) in [5.74, 6) is 4.06. The van der Waals surface area contributed by atoms with Crippen molar-refractivity contribution >= 4 is 0 Å². The van der Waals surface area contributed by atoms with Crippen LogP contribution in [0.15, 0.2) is 6.20 Å². The zero-order valence-electron chi connectivity index (χ0n) is 21.2. The van der Waals surface area contributed by atoms with Crippen molar-refractivity contribution in [1.82, 2.24) is 10.2 Å². The molecule has 4 heteroatoms. The summed E-state index contributed by atoms with van der Waals surface area (Å²) in [5.41, 5.74) is 2.92. The molecule has 0 aromatic carbocycles. The molecule has 4 rings (SSSR count). The van der Waals surface area contributed by atoms with Gasteiger partial charge in [-0.25, -0.2) is 0 Å². The maximum absolute atomic E-state index is 10.7. The summed E-state index contributed by atoms with van der Waals surface area (Å²) >= 11 is 0. The Hall–Kier alpha value is -0.870. The Morgan fingerprint density at radius 1 is 1.03 bits per heavy atom. The molecule has 1 heterocycles. The Morgan fingerprint density at radius 2 is 1.78 bits per heavy atom. The van der Waals surface area contributed by atoms with Crippen molar-refractivity contribution in [3.63, 3.8) is 0 Å². The summed E-state index contributed by atoms with van der Waals surface area (Å²) in [6, 6.07) is 0. The van der Waals surface area contributed by atoms with Crippen LogP contribution in [0.1, 0.15) is 90.8 Å². The number of fused-ring (bicyclic) bond motifs is 2. The zero-order chi connectivity index (χ0) is 23.1. The number of hydrogen-bond acceptors (Lipinski definition) is 3. The first-order valence-corrected chi connectivity index (χ1v) is 13.5. The molecule has 182 valence electrons. The van der Waals surface area contributed by atoms with E-state index in [1.54, 1.807) is 0 Å². The fourth-order valence-corrected chi connectivity index (χ4v) is 8.79. The maximum atomic E-state index is 10.7. The minimum absolute atomic E-state index is 0.0291. The van der Waals surface area contributed by atoms with Crippen LogP contribution in [0.2, 0.25) is 0 Å². The second-order valence-electron chi connectivity index (χ2n) is 12.7. The van der Waals surface area contributed by atoms with E-state index in [0.717, 1.165) is 30.6 Å². The summed E-state index contributed by atoms with van der Waals surface area (Å²) in [7, 11) is 0. The third-order valence-electron chi connectivity index (χ3n) is 10.7. The van der Waals surface area contributed by atoms with Crippen molar-refractivity contribution in [2.75, 3.05) is 13.2 Å². The van der Waals surface area contributed by atoms with Crippen LogP contribution in [-0.2, 0) is 12.8 Å². The van der Waals surface area contributed by atoms with Gasteiger partial charge in [0.1, 0.15) is 0 Å². The van der Waals surface area contributed by atoms with Crippen molar-refractivity contribution in [3.8, 4) is 0 Å². The van der Waals surface area contributed by atoms with Crippen LogP contribution in [0.5, 0.6) is 0 Å². The van der Waals surface area contributed by atoms with Gasteiger partial charge in [0.05, 0.1) is 6.20 Å². The van der Waals surface area contributed by atoms with Crippen molar-refractivity contribution in [1.29, 1.82) is 0 Å². The van der Waals surface area contributed by atoms with Crippen molar-refractivity contribution < 1.29 is 10.2 Å². The predicted molar refractivity (Wildman–Crippen MR) is 130 cm³/mol. The van der Waals surface area contributed by atoms with E-state index in [9.17, 15) is 10.2 Å². The number of hydrogen-bond donors (Lipinski definition) is 3. The standard InChI is InChI=1S/C28H48N2O2/c1-18(2)7-6-8-19(3)23-9-10-24-22(17-32)25(11-12-27(23,24)4)28(5)14-20-15-29-30-26(20)13-21(28)16-31/h15,18-19,21-25,31-32H,6-14,16-17H2,1-5H3,(H,29,30)/t19-,21-,22+,23-,24+,25+,27-,28+/m1/s1. The van der Waals surface area contributed by atoms with E-state index in [-0.39, 0.29) is 17.9 Å². The largest absolute Gasteiger partial charge is 0.396 e. The number of aliphatic hydroxyl groups is 2. The zero-order valence-corrected chi connectivity index (χ0v) is 21.2. The first-order valence-electron chi connectivity index (χ1n) is 13.5. The fraction of sp³-hybridized carbons (Fsp3) is 0.893. The third kappa shape index (κ3) is 4.08. The molecule has 32 heavy (non-hydrogen) atoms. The Balaban J connectivity index is 1.53. The molecule has 3 aliphatic carbocycles. The van der Waals surface area contributed by atoms with Crippen molar-refractivity contribution in [2.24, 2.45) is 52.3 Å². The van der Waals surface area contributed by atoms with Gasteiger partial charge in [0, 0.05) is 18.9 Å². The molecule has 3 N–H and O–H groups in total. The molecule has 2 saturated carbocycles. The number of aromatic amines is 1. The minimum atomic E-state index is 0.0291. The summed E-state index contributed by atoms with van der Waals surface area (Å²) in [6.45, 7) is 12.7. The molecule has 0 spiro atoms. The number of nitrogens with zero attached hydrogens (tertiary/aromatic N) is 1. The molecule has 0 unspecified atom stereocenters. The normalized spacial score (nSPS) is 40.3. The van der Waals surface area contributed by atoms with Gasteiger partial charge in [0.15, 0.2) is 0 Å². The van der Waals surface area contributed by atoms with Gasteiger partial charge < -0.3 is 10.2 Å². The lowest BCUT2D eigenvalue weighted by Crippen LogP contribution is -2.53. The predicted octanol–water partition coefficient (Wildman–Crippen LogP) is 5.64. The van der Waals surface area contributed by atoms with Crippen molar-refractivity contribution in [3.05, 3.63) is 17.5 Å². The Labute approximate surface area is 196 Å². The molecular weight excluding hydrogens is 396 g/mol. The highest BCUT2D eigenvalue weighted by Crippen LogP contribution is 2.64. The van der Waals surface area contributed by atoms with Gasteiger partial charge in [-0.05, 0) is 96.3 Å². The van der Waals surface area contributed by atoms with Crippen LogP contribution in [0.4, 0.5) is 0 Å². The third-order valence-corrected chi connectivity index (χ3v) is 10.7. The van der Waals surface area contributed by atoms with E-state index in [2.05, 4.69) is 44.8 Å². The molecule has 1 aromatic rings.